The third kappa shape index (κ3) is 4.14. The summed E-state index contributed by atoms with van der Waals surface area (Å²) in [6.45, 7) is 1.33. The molecule has 146 valence electrons. The average Bonchev–Trinajstić information content (AvgIpc) is 2.91. The third-order valence-electron chi connectivity index (χ3n) is 4.78. The van der Waals surface area contributed by atoms with E-state index in [1.54, 1.807) is 31.2 Å². The Bertz CT molecular complexity index is 884. The molecule has 28 heavy (non-hydrogen) atoms. The van der Waals surface area contributed by atoms with E-state index >= 15 is 0 Å². The summed E-state index contributed by atoms with van der Waals surface area (Å²) in [6, 6.07) is 16.1. The number of hydrogen-bond acceptors (Lipinski definition) is 4. The number of rotatable bonds is 7. The summed E-state index contributed by atoms with van der Waals surface area (Å²) in [6.07, 6.45) is 1.09. The van der Waals surface area contributed by atoms with Crippen molar-refractivity contribution in [3.63, 3.8) is 0 Å². The first-order chi connectivity index (χ1) is 13.4. The number of carbonyl (C=O) groups is 3. The predicted octanol–water partition coefficient (Wildman–Crippen LogP) is 2.58. The summed E-state index contributed by atoms with van der Waals surface area (Å²) >= 11 is 0. The maximum Gasteiger partial charge on any atom is 0.325 e. The van der Waals surface area contributed by atoms with E-state index in [1.807, 2.05) is 30.3 Å². The second-order valence-electron chi connectivity index (χ2n) is 6.89. The van der Waals surface area contributed by atoms with E-state index in [-0.39, 0.29) is 6.54 Å². The van der Waals surface area contributed by atoms with Crippen molar-refractivity contribution >= 4 is 23.5 Å². The highest BCUT2D eigenvalue weighted by atomic mass is 16.5. The van der Waals surface area contributed by atoms with Crippen LogP contribution in [0, 0.1) is 0 Å². The summed E-state index contributed by atoms with van der Waals surface area (Å²) in [5.74, 6) is -0.371. The molecule has 0 aliphatic carbocycles. The minimum Gasteiger partial charge on any atom is -0.495 e. The highest BCUT2D eigenvalue weighted by Gasteiger charge is 2.47. The molecule has 1 fully saturated rings. The van der Waals surface area contributed by atoms with Crippen LogP contribution in [0.3, 0.4) is 0 Å². The van der Waals surface area contributed by atoms with Gasteiger partial charge in [-0.25, -0.2) is 4.79 Å². The normalized spacial score (nSPS) is 18.7. The lowest BCUT2D eigenvalue weighted by Crippen LogP contribution is -2.45. The number of carbonyl (C=O) groups excluding carboxylic acids is 3. The summed E-state index contributed by atoms with van der Waals surface area (Å²) in [5.41, 5.74) is 0.532. The predicted molar refractivity (Wildman–Crippen MR) is 105 cm³/mol. The van der Waals surface area contributed by atoms with Crippen molar-refractivity contribution in [1.82, 2.24) is 10.2 Å². The van der Waals surface area contributed by atoms with Gasteiger partial charge in [-0.2, -0.15) is 0 Å². The van der Waals surface area contributed by atoms with Crippen LogP contribution in [-0.2, 0) is 16.0 Å². The third-order valence-corrected chi connectivity index (χ3v) is 4.78. The van der Waals surface area contributed by atoms with Crippen LogP contribution in [0.15, 0.2) is 54.6 Å². The first-order valence-corrected chi connectivity index (χ1v) is 9.04. The van der Waals surface area contributed by atoms with Gasteiger partial charge in [-0.1, -0.05) is 42.5 Å². The molecule has 2 aromatic carbocycles. The molecule has 4 amide bonds. The van der Waals surface area contributed by atoms with Crippen molar-refractivity contribution in [2.75, 3.05) is 19.0 Å². The fourth-order valence-corrected chi connectivity index (χ4v) is 3.18. The van der Waals surface area contributed by atoms with Crippen molar-refractivity contribution in [3.05, 3.63) is 60.2 Å². The number of hydrogen-bond donors (Lipinski definition) is 2. The summed E-state index contributed by atoms with van der Waals surface area (Å²) < 4.78 is 5.19. The van der Waals surface area contributed by atoms with Gasteiger partial charge in [0.25, 0.3) is 5.91 Å². The van der Waals surface area contributed by atoms with Gasteiger partial charge in [0.2, 0.25) is 5.91 Å². The van der Waals surface area contributed by atoms with Crippen molar-refractivity contribution in [2.24, 2.45) is 0 Å². The van der Waals surface area contributed by atoms with Crippen LogP contribution in [0.2, 0.25) is 0 Å². The Morgan fingerprint density at radius 1 is 1.11 bits per heavy atom. The fraction of sp³-hybridized carbons (Fsp3) is 0.286. The second-order valence-corrected chi connectivity index (χ2v) is 6.89. The van der Waals surface area contributed by atoms with Crippen molar-refractivity contribution in [1.29, 1.82) is 0 Å². The lowest BCUT2D eigenvalue weighted by Gasteiger charge is -2.21. The van der Waals surface area contributed by atoms with E-state index in [4.69, 9.17) is 4.74 Å². The number of para-hydroxylation sites is 2. The van der Waals surface area contributed by atoms with E-state index in [2.05, 4.69) is 10.6 Å². The SMILES string of the molecule is COc1ccccc1NC(=O)CN1C(=O)NC(C)(CCc2ccccc2)C1=O. The van der Waals surface area contributed by atoms with Crippen LogP contribution in [0.5, 0.6) is 5.75 Å². The first-order valence-electron chi connectivity index (χ1n) is 9.04. The summed E-state index contributed by atoms with van der Waals surface area (Å²) in [5, 5.41) is 5.40. The zero-order valence-electron chi connectivity index (χ0n) is 15.9. The number of urea groups is 1. The van der Waals surface area contributed by atoms with Crippen LogP contribution in [0.1, 0.15) is 18.9 Å². The number of ether oxygens (including phenoxy) is 1. The molecule has 7 heteroatoms. The van der Waals surface area contributed by atoms with Crippen LogP contribution in [0.25, 0.3) is 0 Å². The molecule has 1 heterocycles. The van der Waals surface area contributed by atoms with Gasteiger partial charge in [0.05, 0.1) is 12.8 Å². The molecule has 2 aromatic rings. The van der Waals surface area contributed by atoms with Gasteiger partial charge in [0.1, 0.15) is 17.8 Å². The van der Waals surface area contributed by atoms with Gasteiger partial charge in [-0.3, -0.25) is 14.5 Å². The topological polar surface area (TPSA) is 87.7 Å². The molecule has 3 rings (SSSR count). The highest BCUT2D eigenvalue weighted by Crippen LogP contribution is 2.25. The number of amides is 4. The summed E-state index contributed by atoms with van der Waals surface area (Å²) in [4.78, 5) is 38.5. The zero-order valence-corrected chi connectivity index (χ0v) is 15.9. The molecule has 0 radical (unpaired) electrons. The number of anilines is 1. The smallest absolute Gasteiger partial charge is 0.325 e. The number of imide groups is 1. The number of nitrogens with zero attached hydrogens (tertiary/aromatic N) is 1. The van der Waals surface area contributed by atoms with Gasteiger partial charge in [0.15, 0.2) is 0 Å². The Balaban J connectivity index is 1.63. The molecule has 7 nitrogen and oxygen atoms in total. The molecule has 1 aliphatic rings. The van der Waals surface area contributed by atoms with Crippen molar-refractivity contribution in [3.8, 4) is 5.75 Å². The maximum absolute atomic E-state index is 12.8. The van der Waals surface area contributed by atoms with Gasteiger partial charge < -0.3 is 15.4 Å². The molecular weight excluding hydrogens is 358 g/mol. The van der Waals surface area contributed by atoms with Crippen LogP contribution in [-0.4, -0.2) is 41.9 Å². The molecule has 1 unspecified atom stereocenters. The van der Waals surface area contributed by atoms with Gasteiger partial charge in [-0.15, -0.1) is 0 Å². The summed E-state index contributed by atoms with van der Waals surface area (Å²) in [7, 11) is 1.50. The quantitative estimate of drug-likeness (QED) is 0.722. The van der Waals surface area contributed by atoms with Gasteiger partial charge >= 0.3 is 6.03 Å². The van der Waals surface area contributed by atoms with Gasteiger partial charge in [-0.05, 0) is 37.5 Å². The Hall–Kier alpha value is -3.35. The number of nitrogens with one attached hydrogen (secondary N) is 2. The van der Waals surface area contributed by atoms with E-state index < -0.39 is 23.4 Å². The molecule has 1 atom stereocenters. The maximum atomic E-state index is 12.8. The van der Waals surface area contributed by atoms with Crippen molar-refractivity contribution in [2.45, 2.75) is 25.3 Å². The number of aryl methyl sites for hydroxylation is 1. The molecular formula is C21H23N3O4. The molecule has 0 spiro atoms. The lowest BCUT2D eigenvalue weighted by molar-refractivity contribution is -0.133. The van der Waals surface area contributed by atoms with Crippen LogP contribution >= 0.6 is 0 Å². The Labute approximate surface area is 163 Å². The molecule has 0 saturated carbocycles. The molecule has 1 aliphatic heterocycles. The number of benzene rings is 2. The van der Waals surface area contributed by atoms with Crippen LogP contribution < -0.4 is 15.4 Å². The molecule has 0 aromatic heterocycles. The standard InChI is InChI=1S/C21H23N3O4/c1-21(13-12-15-8-4-3-5-9-15)19(26)24(20(27)23-21)14-18(25)22-16-10-6-7-11-17(16)28-2/h3-11H,12-14H2,1-2H3,(H,22,25)(H,23,27). The first kappa shape index (κ1) is 19.4. The molecule has 1 saturated heterocycles. The molecule has 0 bridgehead atoms. The lowest BCUT2D eigenvalue weighted by atomic mass is 9.93. The fourth-order valence-electron chi connectivity index (χ4n) is 3.18. The van der Waals surface area contributed by atoms with E-state index in [0.29, 0.717) is 24.3 Å². The number of methoxy groups -OCH3 is 1. The van der Waals surface area contributed by atoms with Gasteiger partial charge in [0, 0.05) is 0 Å². The van der Waals surface area contributed by atoms with E-state index in [1.165, 1.54) is 7.11 Å². The largest absolute Gasteiger partial charge is 0.495 e. The van der Waals surface area contributed by atoms with E-state index in [0.717, 1.165) is 10.5 Å². The highest BCUT2D eigenvalue weighted by molar-refractivity contribution is 6.10. The minimum absolute atomic E-state index is 0.357. The minimum atomic E-state index is -1.03. The monoisotopic (exact) mass is 381 g/mol. The zero-order chi connectivity index (χ0) is 20.1. The Morgan fingerprint density at radius 3 is 2.50 bits per heavy atom. The van der Waals surface area contributed by atoms with Crippen molar-refractivity contribution < 1.29 is 19.1 Å². The Morgan fingerprint density at radius 2 is 1.79 bits per heavy atom. The van der Waals surface area contributed by atoms with E-state index in [9.17, 15) is 14.4 Å². The molecule has 2 N–H and O–H groups in total. The average molecular weight is 381 g/mol. The van der Waals surface area contributed by atoms with Crippen LogP contribution in [0.4, 0.5) is 10.5 Å². The Kier molecular flexibility index (Phi) is 5.63. The second kappa shape index (κ2) is 8.12.